The second-order valence-corrected chi connectivity index (χ2v) is 5.19. The molecular weight excluding hydrogens is 238 g/mol. The number of hydrogen-bond donors (Lipinski definition) is 1. The van der Waals surface area contributed by atoms with Gasteiger partial charge in [-0.15, -0.1) is 23.7 Å². The van der Waals surface area contributed by atoms with Crippen LogP contribution in [0.5, 0.6) is 0 Å². The van der Waals surface area contributed by atoms with Crippen molar-refractivity contribution in [2.75, 3.05) is 13.1 Å². The zero-order valence-corrected chi connectivity index (χ0v) is 10.7. The Morgan fingerprint density at radius 3 is 2.75 bits per heavy atom. The zero-order valence-electron chi connectivity index (χ0n) is 9.11. The summed E-state index contributed by atoms with van der Waals surface area (Å²) in [6.45, 7) is 2.35. The van der Waals surface area contributed by atoms with Crippen molar-refractivity contribution in [3.05, 3.63) is 35.2 Å². The summed E-state index contributed by atoms with van der Waals surface area (Å²) in [6, 6.07) is 9.19. The van der Waals surface area contributed by atoms with Gasteiger partial charge < -0.3 is 5.32 Å². The van der Waals surface area contributed by atoms with Gasteiger partial charge in [-0.05, 0) is 60.3 Å². The molecule has 3 heteroatoms. The molecule has 1 aromatic heterocycles. The molecule has 1 saturated heterocycles. The second kappa shape index (κ2) is 5.17. The fraction of sp³-hybridized carbons (Fsp3) is 0.385. The minimum absolute atomic E-state index is 0. The Bertz CT molecular complexity index is 460. The van der Waals surface area contributed by atoms with Crippen molar-refractivity contribution >= 4 is 33.8 Å². The van der Waals surface area contributed by atoms with Crippen LogP contribution in [0.4, 0.5) is 0 Å². The van der Waals surface area contributed by atoms with E-state index >= 15 is 0 Å². The highest BCUT2D eigenvalue weighted by Crippen LogP contribution is 2.29. The van der Waals surface area contributed by atoms with Gasteiger partial charge in [-0.25, -0.2) is 0 Å². The van der Waals surface area contributed by atoms with Crippen molar-refractivity contribution in [3.63, 3.8) is 0 Å². The number of fused-ring (bicyclic) bond motifs is 1. The first-order chi connectivity index (χ1) is 7.43. The van der Waals surface area contributed by atoms with Gasteiger partial charge in [-0.3, -0.25) is 0 Å². The third kappa shape index (κ3) is 2.24. The maximum Gasteiger partial charge on any atom is 0.0342 e. The van der Waals surface area contributed by atoms with Gasteiger partial charge in [0, 0.05) is 4.70 Å². The lowest BCUT2D eigenvalue weighted by atomic mass is 9.90. The highest BCUT2D eigenvalue weighted by molar-refractivity contribution is 7.17. The van der Waals surface area contributed by atoms with E-state index in [1.54, 1.807) is 0 Å². The average Bonchev–Trinajstić information content (AvgIpc) is 2.77. The van der Waals surface area contributed by atoms with Gasteiger partial charge in [0.05, 0.1) is 0 Å². The molecule has 2 heterocycles. The number of rotatable bonds is 1. The minimum atomic E-state index is 0. The van der Waals surface area contributed by atoms with E-state index in [1.165, 1.54) is 41.6 Å². The van der Waals surface area contributed by atoms with E-state index in [4.69, 9.17) is 0 Å². The minimum Gasteiger partial charge on any atom is -0.317 e. The third-order valence-electron chi connectivity index (χ3n) is 3.29. The first-order valence-corrected chi connectivity index (χ1v) is 6.49. The molecule has 0 aliphatic carbocycles. The van der Waals surface area contributed by atoms with Gasteiger partial charge in [-0.1, -0.05) is 12.1 Å². The molecule has 3 rings (SSSR count). The summed E-state index contributed by atoms with van der Waals surface area (Å²) < 4.78 is 1.41. The Kier molecular flexibility index (Phi) is 3.85. The molecule has 1 aliphatic heterocycles. The normalized spacial score (nSPS) is 17.2. The average molecular weight is 254 g/mol. The molecule has 1 aromatic carbocycles. The largest absolute Gasteiger partial charge is 0.317 e. The molecule has 0 spiro atoms. The fourth-order valence-corrected chi connectivity index (χ4v) is 3.17. The van der Waals surface area contributed by atoms with Crippen LogP contribution in [0.25, 0.3) is 10.1 Å². The van der Waals surface area contributed by atoms with E-state index in [2.05, 4.69) is 35.0 Å². The van der Waals surface area contributed by atoms with Gasteiger partial charge in [0.15, 0.2) is 0 Å². The third-order valence-corrected chi connectivity index (χ3v) is 4.18. The SMILES string of the molecule is Cl.c1cc2cc(C3CCNCC3)ccc2s1. The summed E-state index contributed by atoms with van der Waals surface area (Å²) >= 11 is 1.83. The summed E-state index contributed by atoms with van der Waals surface area (Å²) in [6.07, 6.45) is 2.57. The lowest BCUT2D eigenvalue weighted by Gasteiger charge is -2.22. The number of benzene rings is 1. The van der Waals surface area contributed by atoms with Gasteiger partial charge in [0.1, 0.15) is 0 Å². The maximum atomic E-state index is 3.42. The van der Waals surface area contributed by atoms with Crippen molar-refractivity contribution in [2.45, 2.75) is 18.8 Å². The number of thiophene rings is 1. The van der Waals surface area contributed by atoms with Gasteiger partial charge in [-0.2, -0.15) is 0 Å². The molecule has 0 amide bonds. The number of nitrogens with one attached hydrogen (secondary N) is 1. The molecule has 0 saturated carbocycles. The van der Waals surface area contributed by atoms with Crippen LogP contribution < -0.4 is 5.32 Å². The molecule has 0 bridgehead atoms. The van der Waals surface area contributed by atoms with E-state index in [0.717, 1.165) is 5.92 Å². The first kappa shape index (κ1) is 11.9. The van der Waals surface area contributed by atoms with Crippen LogP contribution in [0.1, 0.15) is 24.3 Å². The lowest BCUT2D eigenvalue weighted by Crippen LogP contribution is -2.26. The molecule has 16 heavy (non-hydrogen) atoms. The summed E-state index contributed by atoms with van der Waals surface area (Å²) in [7, 11) is 0. The van der Waals surface area contributed by atoms with Crippen molar-refractivity contribution in [3.8, 4) is 0 Å². The quantitative estimate of drug-likeness (QED) is 0.816. The van der Waals surface area contributed by atoms with Gasteiger partial charge in [0.2, 0.25) is 0 Å². The summed E-state index contributed by atoms with van der Waals surface area (Å²) in [5, 5.41) is 7.01. The Morgan fingerprint density at radius 1 is 1.12 bits per heavy atom. The maximum absolute atomic E-state index is 3.42. The molecule has 1 aliphatic rings. The van der Waals surface area contributed by atoms with E-state index in [-0.39, 0.29) is 12.4 Å². The number of hydrogen-bond acceptors (Lipinski definition) is 2. The van der Waals surface area contributed by atoms with E-state index in [9.17, 15) is 0 Å². The van der Waals surface area contributed by atoms with E-state index in [1.807, 2.05) is 11.3 Å². The smallest absolute Gasteiger partial charge is 0.0342 e. The van der Waals surface area contributed by atoms with Crippen LogP contribution in [0.3, 0.4) is 0 Å². The fourth-order valence-electron chi connectivity index (χ4n) is 2.39. The number of halogens is 1. The zero-order chi connectivity index (χ0) is 10.1. The van der Waals surface area contributed by atoms with Crippen LogP contribution in [-0.4, -0.2) is 13.1 Å². The summed E-state index contributed by atoms with van der Waals surface area (Å²) in [4.78, 5) is 0. The summed E-state index contributed by atoms with van der Waals surface area (Å²) in [5.41, 5.74) is 1.53. The molecule has 0 atom stereocenters. The highest BCUT2D eigenvalue weighted by Gasteiger charge is 2.15. The van der Waals surface area contributed by atoms with E-state index < -0.39 is 0 Å². The number of piperidine rings is 1. The van der Waals surface area contributed by atoms with Gasteiger partial charge >= 0.3 is 0 Å². The molecule has 1 fully saturated rings. The molecule has 1 N–H and O–H groups in total. The molecule has 0 radical (unpaired) electrons. The van der Waals surface area contributed by atoms with Crippen LogP contribution in [0.15, 0.2) is 29.6 Å². The Morgan fingerprint density at radius 2 is 1.94 bits per heavy atom. The van der Waals surface area contributed by atoms with Crippen LogP contribution in [-0.2, 0) is 0 Å². The standard InChI is InChI=1S/C13H15NS.ClH/c1-2-13-12(5-8-15-13)9-11(1)10-3-6-14-7-4-10;/h1-2,5,8-10,14H,3-4,6-7H2;1H. The van der Waals surface area contributed by atoms with E-state index in [0.29, 0.717) is 0 Å². The van der Waals surface area contributed by atoms with Crippen molar-refractivity contribution in [1.29, 1.82) is 0 Å². The van der Waals surface area contributed by atoms with Crippen molar-refractivity contribution in [2.24, 2.45) is 0 Å². The van der Waals surface area contributed by atoms with Gasteiger partial charge in [0.25, 0.3) is 0 Å². The predicted octanol–water partition coefficient (Wildman–Crippen LogP) is 3.79. The Balaban J connectivity index is 0.000000963. The highest BCUT2D eigenvalue weighted by atomic mass is 35.5. The van der Waals surface area contributed by atoms with Crippen LogP contribution in [0.2, 0.25) is 0 Å². The molecule has 1 nitrogen and oxygen atoms in total. The van der Waals surface area contributed by atoms with Crippen molar-refractivity contribution < 1.29 is 0 Å². The Labute approximate surface area is 106 Å². The Hall–Kier alpha value is -0.570. The lowest BCUT2D eigenvalue weighted by molar-refractivity contribution is 0.460. The van der Waals surface area contributed by atoms with Crippen molar-refractivity contribution in [1.82, 2.24) is 5.32 Å². The molecule has 86 valence electrons. The first-order valence-electron chi connectivity index (χ1n) is 5.61. The molecule has 0 unspecified atom stereocenters. The summed E-state index contributed by atoms with van der Waals surface area (Å²) in [5.74, 6) is 0.774. The van der Waals surface area contributed by atoms with Crippen LogP contribution in [0, 0.1) is 0 Å². The monoisotopic (exact) mass is 253 g/mol. The topological polar surface area (TPSA) is 12.0 Å². The molecule has 2 aromatic rings. The second-order valence-electron chi connectivity index (χ2n) is 4.24. The predicted molar refractivity (Wildman–Crippen MR) is 73.9 cm³/mol. The van der Waals surface area contributed by atoms with Crippen LogP contribution >= 0.6 is 23.7 Å². The molecular formula is C13H16ClNS.